The van der Waals surface area contributed by atoms with E-state index in [-0.39, 0.29) is 5.56 Å². The molecule has 1 heterocycles. The van der Waals surface area contributed by atoms with Crippen LogP contribution in [0, 0.1) is 0 Å². The lowest BCUT2D eigenvalue weighted by atomic mass is 10.1. The molecule has 0 unspecified atom stereocenters. The summed E-state index contributed by atoms with van der Waals surface area (Å²) in [5.41, 5.74) is 2.15. The molecule has 0 aliphatic rings. The molecule has 0 spiro atoms. The topological polar surface area (TPSA) is 32.9 Å². The molecule has 0 amide bonds. The highest BCUT2D eigenvalue weighted by molar-refractivity contribution is 6.75. The monoisotopic (exact) mass is 231 g/mol. The zero-order valence-electron chi connectivity index (χ0n) is 10.0. The number of H-pyrrole nitrogens is 1. The summed E-state index contributed by atoms with van der Waals surface area (Å²) in [6.45, 7) is 6.97. The van der Waals surface area contributed by atoms with Gasteiger partial charge in [0, 0.05) is 25.0 Å². The van der Waals surface area contributed by atoms with Crippen molar-refractivity contribution in [3.8, 4) is 0 Å². The summed E-state index contributed by atoms with van der Waals surface area (Å²) < 4.78 is 0. The van der Waals surface area contributed by atoms with Crippen LogP contribution in [0.5, 0.6) is 0 Å². The molecule has 1 N–H and O–H groups in total. The van der Waals surface area contributed by atoms with Crippen molar-refractivity contribution < 1.29 is 0 Å². The van der Waals surface area contributed by atoms with Crippen molar-refractivity contribution in [2.24, 2.45) is 0 Å². The van der Waals surface area contributed by atoms with Gasteiger partial charge in [-0.3, -0.25) is 4.79 Å². The lowest BCUT2D eigenvalue weighted by molar-refractivity contribution is 1.24. The van der Waals surface area contributed by atoms with E-state index in [1.54, 1.807) is 6.07 Å². The second-order valence-electron chi connectivity index (χ2n) is 5.44. The largest absolute Gasteiger partial charge is 0.322 e. The third-order valence-electron chi connectivity index (χ3n) is 2.56. The smallest absolute Gasteiger partial charge is 0.248 e. The van der Waals surface area contributed by atoms with Crippen molar-refractivity contribution in [3.63, 3.8) is 0 Å². The highest BCUT2D eigenvalue weighted by Crippen LogP contribution is 2.19. The molecule has 0 fully saturated rings. The van der Waals surface area contributed by atoms with Crippen molar-refractivity contribution in [1.29, 1.82) is 0 Å². The Morgan fingerprint density at radius 1 is 1.19 bits per heavy atom. The van der Waals surface area contributed by atoms with Gasteiger partial charge in [-0.1, -0.05) is 37.8 Å². The SMILES string of the molecule is C[Si](C)(C)Cc1cc(=O)[nH]c2ccccc12. The van der Waals surface area contributed by atoms with Crippen LogP contribution in [0.3, 0.4) is 0 Å². The molecule has 0 aliphatic carbocycles. The average Bonchev–Trinajstić information content (AvgIpc) is 2.14. The standard InChI is InChI=1S/C13H17NOSi/c1-16(2,3)9-10-8-13(15)14-12-7-5-4-6-11(10)12/h4-8H,9H2,1-3H3,(H,14,15). The molecule has 0 saturated carbocycles. The van der Waals surface area contributed by atoms with E-state index >= 15 is 0 Å². The van der Waals surface area contributed by atoms with Crippen LogP contribution in [0.25, 0.3) is 10.9 Å². The van der Waals surface area contributed by atoms with Gasteiger partial charge in [0.05, 0.1) is 0 Å². The van der Waals surface area contributed by atoms with Gasteiger partial charge in [-0.25, -0.2) is 0 Å². The molecule has 0 saturated heterocycles. The number of para-hydroxylation sites is 1. The van der Waals surface area contributed by atoms with E-state index in [2.05, 4.69) is 30.7 Å². The molecular weight excluding hydrogens is 214 g/mol. The summed E-state index contributed by atoms with van der Waals surface area (Å²) >= 11 is 0. The van der Waals surface area contributed by atoms with Crippen LogP contribution in [0.4, 0.5) is 0 Å². The van der Waals surface area contributed by atoms with Gasteiger partial charge < -0.3 is 4.98 Å². The summed E-state index contributed by atoms with van der Waals surface area (Å²) in [4.78, 5) is 14.4. The second-order valence-corrected chi connectivity index (χ2v) is 10.9. The van der Waals surface area contributed by atoms with Crippen LogP contribution in [-0.4, -0.2) is 13.1 Å². The first-order valence-corrected chi connectivity index (χ1v) is 9.27. The molecule has 0 radical (unpaired) electrons. The lowest BCUT2D eigenvalue weighted by Gasteiger charge is -2.16. The van der Waals surface area contributed by atoms with Crippen LogP contribution in [-0.2, 0) is 6.04 Å². The number of aromatic nitrogens is 1. The first-order valence-electron chi connectivity index (χ1n) is 5.57. The van der Waals surface area contributed by atoms with Gasteiger partial charge >= 0.3 is 0 Å². The molecule has 84 valence electrons. The fourth-order valence-corrected chi connectivity index (χ4v) is 3.43. The minimum absolute atomic E-state index is 0.00644. The Balaban J connectivity index is 2.64. The molecule has 16 heavy (non-hydrogen) atoms. The van der Waals surface area contributed by atoms with Gasteiger partial charge in [0.1, 0.15) is 0 Å². The Labute approximate surface area is 96.3 Å². The fraction of sp³-hybridized carbons (Fsp3) is 0.308. The molecule has 2 rings (SSSR count). The summed E-state index contributed by atoms with van der Waals surface area (Å²) in [6, 6.07) is 10.8. The first-order chi connectivity index (χ1) is 7.46. The van der Waals surface area contributed by atoms with Gasteiger partial charge in [-0.05, 0) is 17.7 Å². The van der Waals surface area contributed by atoms with Gasteiger partial charge in [0.25, 0.3) is 0 Å². The number of aromatic amines is 1. The predicted octanol–water partition coefficient (Wildman–Crippen LogP) is 2.95. The molecule has 0 atom stereocenters. The molecule has 2 aromatic rings. The van der Waals surface area contributed by atoms with E-state index in [1.807, 2.05) is 18.2 Å². The number of hydrogen-bond donors (Lipinski definition) is 1. The average molecular weight is 231 g/mol. The van der Waals surface area contributed by atoms with Crippen molar-refractivity contribution >= 4 is 19.0 Å². The third-order valence-corrected chi connectivity index (χ3v) is 4.00. The molecule has 1 aromatic carbocycles. The molecule has 3 heteroatoms. The number of nitrogens with one attached hydrogen (secondary N) is 1. The molecule has 1 aromatic heterocycles. The van der Waals surface area contributed by atoms with Crippen LogP contribution in [0.15, 0.2) is 35.1 Å². The summed E-state index contributed by atoms with van der Waals surface area (Å²) in [7, 11) is -1.19. The molecular formula is C13H17NOSi. The van der Waals surface area contributed by atoms with Crippen LogP contribution in [0.1, 0.15) is 5.56 Å². The number of rotatable bonds is 2. The maximum atomic E-state index is 11.5. The minimum atomic E-state index is -1.19. The number of fused-ring (bicyclic) bond motifs is 1. The van der Waals surface area contributed by atoms with Gasteiger partial charge in [-0.15, -0.1) is 0 Å². The van der Waals surface area contributed by atoms with Crippen LogP contribution in [0.2, 0.25) is 19.6 Å². The predicted molar refractivity (Wildman–Crippen MR) is 71.6 cm³/mol. The Bertz CT molecular complexity index is 566. The second kappa shape index (κ2) is 3.90. The zero-order chi connectivity index (χ0) is 11.8. The van der Waals surface area contributed by atoms with Crippen molar-refractivity contribution in [2.45, 2.75) is 25.7 Å². The van der Waals surface area contributed by atoms with Crippen molar-refractivity contribution in [1.82, 2.24) is 4.98 Å². The summed E-state index contributed by atoms with van der Waals surface area (Å²) in [5, 5.41) is 1.18. The van der Waals surface area contributed by atoms with E-state index < -0.39 is 8.07 Å². The fourth-order valence-electron chi connectivity index (χ4n) is 1.99. The van der Waals surface area contributed by atoms with E-state index in [1.165, 1.54) is 10.9 Å². The summed E-state index contributed by atoms with van der Waals surface area (Å²) in [6.07, 6.45) is 0. The molecule has 0 bridgehead atoms. The zero-order valence-corrected chi connectivity index (χ0v) is 11.0. The molecule has 0 aliphatic heterocycles. The van der Waals surface area contributed by atoms with E-state index in [4.69, 9.17) is 0 Å². The number of pyridine rings is 1. The van der Waals surface area contributed by atoms with Gasteiger partial charge in [-0.2, -0.15) is 0 Å². The Hall–Kier alpha value is -1.35. The maximum absolute atomic E-state index is 11.5. The Morgan fingerprint density at radius 3 is 2.56 bits per heavy atom. The van der Waals surface area contributed by atoms with E-state index in [0.29, 0.717) is 0 Å². The van der Waals surface area contributed by atoms with Gasteiger partial charge in [0.15, 0.2) is 0 Å². The molecule has 2 nitrogen and oxygen atoms in total. The minimum Gasteiger partial charge on any atom is -0.322 e. The van der Waals surface area contributed by atoms with Crippen molar-refractivity contribution in [2.75, 3.05) is 0 Å². The highest BCUT2D eigenvalue weighted by atomic mass is 28.3. The van der Waals surface area contributed by atoms with Crippen LogP contribution < -0.4 is 5.56 Å². The van der Waals surface area contributed by atoms with Gasteiger partial charge in [0.2, 0.25) is 5.56 Å². The third kappa shape index (κ3) is 2.42. The number of benzene rings is 1. The van der Waals surface area contributed by atoms with E-state index in [0.717, 1.165) is 11.6 Å². The Kier molecular flexibility index (Phi) is 2.72. The summed E-state index contributed by atoms with van der Waals surface area (Å²) in [5.74, 6) is 0. The van der Waals surface area contributed by atoms with Crippen molar-refractivity contribution in [3.05, 3.63) is 46.2 Å². The number of hydrogen-bond acceptors (Lipinski definition) is 1. The first kappa shape index (κ1) is 11.1. The normalized spacial score (nSPS) is 11.9. The maximum Gasteiger partial charge on any atom is 0.248 e. The van der Waals surface area contributed by atoms with Crippen LogP contribution >= 0.6 is 0 Å². The lowest BCUT2D eigenvalue weighted by Crippen LogP contribution is -2.25. The Morgan fingerprint density at radius 2 is 1.88 bits per heavy atom. The van der Waals surface area contributed by atoms with E-state index in [9.17, 15) is 4.79 Å². The quantitative estimate of drug-likeness (QED) is 0.792. The highest BCUT2D eigenvalue weighted by Gasteiger charge is 2.15.